The Morgan fingerprint density at radius 3 is 2.61 bits per heavy atom. The van der Waals surface area contributed by atoms with Crippen molar-refractivity contribution in [3.05, 3.63) is 52.6 Å². The number of methoxy groups -OCH3 is 2. The minimum absolute atomic E-state index is 0.136. The molecule has 0 saturated carbocycles. The molecule has 0 bridgehead atoms. The van der Waals surface area contributed by atoms with Crippen molar-refractivity contribution in [3.63, 3.8) is 0 Å². The zero-order chi connectivity index (χ0) is 22.8. The summed E-state index contributed by atoms with van der Waals surface area (Å²) in [4.78, 5) is 23.9. The van der Waals surface area contributed by atoms with Gasteiger partial charge in [-0.25, -0.2) is 4.79 Å². The van der Waals surface area contributed by atoms with E-state index in [4.69, 9.17) is 25.8 Å². The van der Waals surface area contributed by atoms with Crippen LogP contribution in [0.5, 0.6) is 17.2 Å². The largest absolute Gasteiger partial charge is 0.494 e. The van der Waals surface area contributed by atoms with E-state index in [9.17, 15) is 14.9 Å². The molecule has 0 atom stereocenters. The number of hydrogen-bond donors (Lipinski definition) is 1. The highest BCUT2D eigenvalue weighted by Gasteiger charge is 2.15. The van der Waals surface area contributed by atoms with Gasteiger partial charge in [0.25, 0.3) is 5.91 Å². The molecule has 1 N–H and O–H groups in total. The van der Waals surface area contributed by atoms with Crippen LogP contribution in [0.2, 0.25) is 5.02 Å². The Morgan fingerprint density at radius 1 is 1.19 bits per heavy atom. The fraction of sp³-hybridized carbons (Fsp3) is 0.227. The summed E-state index contributed by atoms with van der Waals surface area (Å²) in [6.07, 6.45) is 1.36. The van der Waals surface area contributed by atoms with E-state index in [0.717, 1.165) is 0 Å². The van der Waals surface area contributed by atoms with Gasteiger partial charge in [0.2, 0.25) is 0 Å². The summed E-state index contributed by atoms with van der Waals surface area (Å²) >= 11 is 6.24. The predicted molar refractivity (Wildman–Crippen MR) is 115 cm³/mol. The molecule has 0 heterocycles. The Bertz CT molecular complexity index is 1030. The summed E-state index contributed by atoms with van der Waals surface area (Å²) < 4.78 is 20.5. The smallest absolute Gasteiger partial charge is 0.343 e. The number of ether oxygens (including phenoxy) is 4. The van der Waals surface area contributed by atoms with Crippen LogP contribution in [0.3, 0.4) is 0 Å². The van der Waals surface area contributed by atoms with Crippen molar-refractivity contribution in [2.45, 2.75) is 6.92 Å². The predicted octanol–water partition coefficient (Wildman–Crippen LogP) is 3.84. The molecule has 0 radical (unpaired) electrons. The topological polar surface area (TPSA) is 107 Å². The molecule has 2 rings (SSSR count). The van der Waals surface area contributed by atoms with Crippen LogP contribution in [0.1, 0.15) is 12.5 Å². The molecule has 0 aliphatic rings. The molecule has 31 heavy (non-hydrogen) atoms. The quantitative estimate of drug-likeness (QED) is 0.355. The molecule has 0 aliphatic heterocycles. The number of anilines is 1. The van der Waals surface area contributed by atoms with Gasteiger partial charge in [0, 0.05) is 11.8 Å². The van der Waals surface area contributed by atoms with Crippen LogP contribution in [0.4, 0.5) is 5.69 Å². The number of amides is 1. The highest BCUT2D eigenvalue weighted by atomic mass is 35.5. The van der Waals surface area contributed by atoms with Crippen LogP contribution in [0.15, 0.2) is 42.0 Å². The first-order chi connectivity index (χ1) is 14.9. The molecule has 1 amide bonds. The van der Waals surface area contributed by atoms with Crippen molar-refractivity contribution in [2.75, 3.05) is 32.8 Å². The highest BCUT2D eigenvalue weighted by molar-refractivity contribution is 6.32. The minimum atomic E-state index is -0.600. The first kappa shape index (κ1) is 23.6. The van der Waals surface area contributed by atoms with Crippen LogP contribution in [0.25, 0.3) is 6.08 Å². The lowest BCUT2D eigenvalue weighted by atomic mass is 10.1. The number of carbonyl (C=O) groups excluding carboxylic acids is 2. The Kier molecular flexibility index (Phi) is 8.73. The summed E-state index contributed by atoms with van der Waals surface area (Å²) in [5, 5.41) is 12.2. The van der Waals surface area contributed by atoms with E-state index >= 15 is 0 Å². The molecule has 2 aromatic carbocycles. The number of nitrogens with zero attached hydrogens (tertiary/aromatic N) is 1. The number of rotatable bonds is 9. The lowest BCUT2D eigenvalue weighted by Gasteiger charge is -2.13. The lowest BCUT2D eigenvalue weighted by molar-refractivity contribution is -0.142. The molecular formula is C22H21ClN2O6. The third-order valence-corrected chi connectivity index (χ3v) is 4.17. The van der Waals surface area contributed by atoms with E-state index in [-0.39, 0.29) is 28.7 Å². The average molecular weight is 445 g/mol. The second kappa shape index (κ2) is 11.5. The van der Waals surface area contributed by atoms with E-state index in [1.54, 1.807) is 24.3 Å². The summed E-state index contributed by atoms with van der Waals surface area (Å²) in [5.41, 5.74) is 0.768. The number of carbonyl (C=O) groups is 2. The van der Waals surface area contributed by atoms with E-state index in [1.807, 2.05) is 13.0 Å². The van der Waals surface area contributed by atoms with Crippen LogP contribution in [0, 0.1) is 11.3 Å². The maximum absolute atomic E-state index is 12.6. The maximum Gasteiger partial charge on any atom is 0.343 e. The fourth-order valence-corrected chi connectivity index (χ4v) is 2.77. The number of nitrogens with one attached hydrogen (secondary N) is 1. The summed E-state index contributed by atoms with van der Waals surface area (Å²) in [6, 6.07) is 11.7. The second-order valence-electron chi connectivity index (χ2n) is 5.98. The minimum Gasteiger partial charge on any atom is -0.494 e. The van der Waals surface area contributed by atoms with Crippen molar-refractivity contribution in [2.24, 2.45) is 0 Å². The van der Waals surface area contributed by atoms with Crippen LogP contribution >= 0.6 is 11.6 Å². The van der Waals surface area contributed by atoms with Gasteiger partial charge in [-0.1, -0.05) is 17.7 Å². The van der Waals surface area contributed by atoms with E-state index < -0.39 is 11.9 Å². The molecule has 0 spiro atoms. The number of halogens is 1. The Balaban J connectivity index is 2.25. The van der Waals surface area contributed by atoms with Crippen molar-refractivity contribution in [1.82, 2.24) is 0 Å². The molecule has 9 heteroatoms. The van der Waals surface area contributed by atoms with Crippen molar-refractivity contribution >= 4 is 35.2 Å². The summed E-state index contributed by atoms with van der Waals surface area (Å²) in [5.74, 6) is -0.217. The van der Waals surface area contributed by atoms with Gasteiger partial charge in [0.05, 0.1) is 25.8 Å². The molecule has 2 aromatic rings. The molecule has 0 saturated heterocycles. The molecule has 0 unspecified atom stereocenters. The summed E-state index contributed by atoms with van der Waals surface area (Å²) in [6.45, 7) is 1.99. The Hall–Kier alpha value is -3.70. The third-order valence-electron chi connectivity index (χ3n) is 3.89. The normalized spacial score (nSPS) is 10.6. The van der Waals surface area contributed by atoms with E-state index in [2.05, 4.69) is 10.1 Å². The molecular weight excluding hydrogens is 424 g/mol. The van der Waals surface area contributed by atoms with Crippen molar-refractivity contribution < 1.29 is 28.5 Å². The van der Waals surface area contributed by atoms with Gasteiger partial charge in [-0.3, -0.25) is 4.79 Å². The number of benzene rings is 2. The number of esters is 1. The molecule has 0 aliphatic carbocycles. The Labute approximate surface area is 184 Å². The van der Waals surface area contributed by atoms with E-state index in [1.165, 1.54) is 32.4 Å². The van der Waals surface area contributed by atoms with Crippen LogP contribution in [-0.4, -0.2) is 39.3 Å². The first-order valence-electron chi connectivity index (χ1n) is 9.15. The van der Waals surface area contributed by atoms with Crippen molar-refractivity contribution in [1.29, 1.82) is 5.26 Å². The van der Waals surface area contributed by atoms with Gasteiger partial charge >= 0.3 is 5.97 Å². The molecule has 0 aromatic heterocycles. The zero-order valence-electron chi connectivity index (χ0n) is 17.2. The van der Waals surface area contributed by atoms with Gasteiger partial charge < -0.3 is 24.3 Å². The average Bonchev–Trinajstić information content (AvgIpc) is 2.76. The molecule has 8 nitrogen and oxygen atoms in total. The van der Waals surface area contributed by atoms with E-state index in [0.29, 0.717) is 23.6 Å². The second-order valence-corrected chi connectivity index (χ2v) is 6.39. The van der Waals surface area contributed by atoms with Gasteiger partial charge in [0.15, 0.2) is 18.1 Å². The highest BCUT2D eigenvalue weighted by Crippen LogP contribution is 2.37. The Morgan fingerprint density at radius 2 is 1.97 bits per heavy atom. The number of hydrogen-bond acceptors (Lipinski definition) is 7. The van der Waals surface area contributed by atoms with Gasteiger partial charge in [-0.15, -0.1) is 0 Å². The molecule has 162 valence electrons. The monoisotopic (exact) mass is 444 g/mol. The fourth-order valence-electron chi connectivity index (χ4n) is 2.50. The van der Waals surface area contributed by atoms with Gasteiger partial charge in [0.1, 0.15) is 17.4 Å². The SMILES string of the molecule is CCOc1cccc(NC(=O)/C(C#N)=C\c2cc(Cl)c(OCC(=O)OC)c(OC)c2)c1. The standard InChI is InChI=1S/C22H21ClN2O6/c1-4-30-17-7-5-6-16(11-17)25-22(27)15(12-24)8-14-9-18(23)21(19(10-14)28-2)31-13-20(26)29-3/h5-11H,4,13H2,1-3H3,(H,25,27)/b15-8-. The molecule has 0 fully saturated rings. The van der Waals surface area contributed by atoms with Gasteiger partial charge in [-0.05, 0) is 42.8 Å². The van der Waals surface area contributed by atoms with Gasteiger partial charge in [-0.2, -0.15) is 5.26 Å². The summed E-state index contributed by atoms with van der Waals surface area (Å²) in [7, 11) is 2.63. The number of nitriles is 1. The lowest BCUT2D eigenvalue weighted by Crippen LogP contribution is -2.14. The first-order valence-corrected chi connectivity index (χ1v) is 9.52. The van der Waals surface area contributed by atoms with Crippen LogP contribution in [-0.2, 0) is 14.3 Å². The third kappa shape index (κ3) is 6.66. The maximum atomic E-state index is 12.6. The van der Waals surface area contributed by atoms with Crippen LogP contribution < -0.4 is 19.5 Å². The zero-order valence-corrected chi connectivity index (χ0v) is 18.0. The van der Waals surface area contributed by atoms with Crippen molar-refractivity contribution in [3.8, 4) is 23.3 Å².